The fourth-order valence-electron chi connectivity index (χ4n) is 3.52. The lowest BCUT2D eigenvalue weighted by molar-refractivity contribution is 0.131. The van der Waals surface area contributed by atoms with Crippen molar-refractivity contribution in [2.45, 2.75) is 63.3 Å². The second-order valence-electron chi connectivity index (χ2n) is 7.38. The van der Waals surface area contributed by atoms with Crippen molar-refractivity contribution in [3.8, 4) is 0 Å². The van der Waals surface area contributed by atoms with Gasteiger partial charge in [-0.2, -0.15) is 0 Å². The number of phosphoric ester groups is 1. The van der Waals surface area contributed by atoms with E-state index in [0.29, 0.717) is 18.8 Å². The van der Waals surface area contributed by atoms with Gasteiger partial charge in [-0.05, 0) is 62.0 Å². The SMILES string of the molecule is CCCOCCCCc1ccc([C@@H]2CC[C@@](N)(COP(=O)(O)O)C2)cc1. The number of unbranched alkanes of at least 4 members (excludes halogenated alkanes) is 1. The molecule has 1 aromatic rings. The van der Waals surface area contributed by atoms with Crippen molar-refractivity contribution >= 4 is 7.82 Å². The summed E-state index contributed by atoms with van der Waals surface area (Å²) in [5.74, 6) is 0.317. The maximum atomic E-state index is 10.9. The molecule has 2 rings (SSSR count). The smallest absolute Gasteiger partial charge is 0.381 e. The monoisotopic (exact) mass is 385 g/mol. The molecule has 6 nitrogen and oxygen atoms in total. The van der Waals surface area contributed by atoms with Crippen molar-refractivity contribution in [2.24, 2.45) is 5.73 Å². The minimum Gasteiger partial charge on any atom is -0.381 e. The van der Waals surface area contributed by atoms with Gasteiger partial charge in [-0.25, -0.2) is 4.57 Å². The third kappa shape index (κ3) is 7.47. The van der Waals surface area contributed by atoms with E-state index in [1.165, 1.54) is 11.1 Å². The zero-order chi connectivity index (χ0) is 19.0. The van der Waals surface area contributed by atoms with Gasteiger partial charge in [0.1, 0.15) is 0 Å². The predicted molar refractivity (Wildman–Crippen MR) is 102 cm³/mol. The van der Waals surface area contributed by atoms with Gasteiger partial charge in [0.15, 0.2) is 0 Å². The Bertz CT molecular complexity index is 588. The summed E-state index contributed by atoms with van der Waals surface area (Å²) in [7, 11) is -4.47. The van der Waals surface area contributed by atoms with Crippen LogP contribution in [0.1, 0.15) is 62.5 Å². The molecule has 0 heterocycles. The molecule has 0 bridgehead atoms. The van der Waals surface area contributed by atoms with Crippen LogP contribution in [0.15, 0.2) is 24.3 Å². The van der Waals surface area contributed by atoms with E-state index in [0.717, 1.165) is 45.3 Å². The molecule has 0 amide bonds. The van der Waals surface area contributed by atoms with Crippen molar-refractivity contribution in [2.75, 3.05) is 19.8 Å². The zero-order valence-corrected chi connectivity index (χ0v) is 16.5. The highest BCUT2D eigenvalue weighted by molar-refractivity contribution is 7.46. The minimum absolute atomic E-state index is 0.105. The number of aryl methyl sites for hydroxylation is 1. The standard InChI is InChI=1S/C19H32NO5P/c1-2-12-24-13-4-3-5-16-6-8-17(9-7-16)18-10-11-19(20,14-18)15-25-26(21,22)23/h6-9,18H,2-5,10-15,20H2,1H3,(H2,21,22,23)/t18-,19+/m1/s1. The Balaban J connectivity index is 1.77. The van der Waals surface area contributed by atoms with Gasteiger partial charge >= 0.3 is 7.82 Å². The van der Waals surface area contributed by atoms with Crippen molar-refractivity contribution in [3.05, 3.63) is 35.4 Å². The number of rotatable bonds is 11. The van der Waals surface area contributed by atoms with E-state index >= 15 is 0 Å². The zero-order valence-electron chi connectivity index (χ0n) is 15.6. The number of nitrogens with two attached hydrogens (primary N) is 1. The Hall–Kier alpha value is -0.750. The Morgan fingerprint density at radius 3 is 2.62 bits per heavy atom. The first-order chi connectivity index (χ1) is 12.3. The quantitative estimate of drug-likeness (QED) is 0.398. The third-order valence-electron chi connectivity index (χ3n) is 4.97. The van der Waals surface area contributed by atoms with Gasteiger partial charge in [0.25, 0.3) is 0 Å². The van der Waals surface area contributed by atoms with E-state index in [-0.39, 0.29) is 6.61 Å². The molecule has 1 aliphatic carbocycles. The summed E-state index contributed by atoms with van der Waals surface area (Å²) in [5.41, 5.74) is 8.16. The first kappa shape index (κ1) is 21.5. The molecule has 7 heteroatoms. The average molecular weight is 385 g/mol. The molecule has 4 N–H and O–H groups in total. The van der Waals surface area contributed by atoms with Crippen molar-refractivity contribution < 1.29 is 23.6 Å². The fourth-order valence-corrected chi connectivity index (χ4v) is 3.95. The number of ether oxygens (including phenoxy) is 1. The first-order valence-corrected chi connectivity index (χ1v) is 11.0. The van der Waals surface area contributed by atoms with Gasteiger partial charge < -0.3 is 20.3 Å². The molecule has 1 aliphatic rings. The summed E-state index contributed by atoms with van der Waals surface area (Å²) in [6.45, 7) is 3.69. The summed E-state index contributed by atoms with van der Waals surface area (Å²) in [5, 5.41) is 0. The molecule has 0 spiro atoms. The van der Waals surface area contributed by atoms with Gasteiger partial charge in [-0.15, -0.1) is 0 Å². The molecule has 1 saturated carbocycles. The molecule has 148 valence electrons. The highest BCUT2D eigenvalue weighted by Gasteiger charge is 2.38. The van der Waals surface area contributed by atoms with Crippen LogP contribution < -0.4 is 5.73 Å². The van der Waals surface area contributed by atoms with Crippen LogP contribution in [0.25, 0.3) is 0 Å². The van der Waals surface area contributed by atoms with Crippen molar-refractivity contribution in [1.29, 1.82) is 0 Å². The van der Waals surface area contributed by atoms with Crippen LogP contribution in [0.5, 0.6) is 0 Å². The van der Waals surface area contributed by atoms with E-state index in [9.17, 15) is 4.57 Å². The lowest BCUT2D eigenvalue weighted by Gasteiger charge is -2.24. The van der Waals surface area contributed by atoms with Crippen molar-refractivity contribution in [1.82, 2.24) is 0 Å². The van der Waals surface area contributed by atoms with E-state index < -0.39 is 13.4 Å². The Morgan fingerprint density at radius 2 is 1.96 bits per heavy atom. The van der Waals surface area contributed by atoms with Crippen LogP contribution in [0.2, 0.25) is 0 Å². The summed E-state index contributed by atoms with van der Waals surface area (Å²) in [6, 6.07) is 8.65. The first-order valence-electron chi connectivity index (χ1n) is 9.47. The summed E-state index contributed by atoms with van der Waals surface area (Å²) in [4.78, 5) is 17.7. The van der Waals surface area contributed by atoms with Crippen LogP contribution in [-0.4, -0.2) is 35.1 Å². The Morgan fingerprint density at radius 1 is 1.23 bits per heavy atom. The van der Waals surface area contributed by atoms with E-state index in [2.05, 4.69) is 35.7 Å². The topological polar surface area (TPSA) is 102 Å². The average Bonchev–Trinajstić information content (AvgIpc) is 2.99. The molecule has 2 atom stereocenters. The van der Waals surface area contributed by atoms with Gasteiger partial charge in [0.05, 0.1) is 6.61 Å². The predicted octanol–water partition coefficient (Wildman–Crippen LogP) is 3.51. The number of benzene rings is 1. The summed E-state index contributed by atoms with van der Waals surface area (Å²) >= 11 is 0. The fraction of sp³-hybridized carbons (Fsp3) is 0.684. The van der Waals surface area contributed by atoms with Crippen LogP contribution in [0.3, 0.4) is 0 Å². The molecule has 0 aromatic heterocycles. The maximum Gasteiger partial charge on any atom is 0.469 e. The Kier molecular flexibility index (Phi) is 8.27. The second kappa shape index (κ2) is 9.98. The van der Waals surface area contributed by atoms with Crippen LogP contribution >= 0.6 is 7.82 Å². The van der Waals surface area contributed by atoms with Crippen LogP contribution in [0.4, 0.5) is 0 Å². The molecule has 0 unspecified atom stereocenters. The lowest BCUT2D eigenvalue weighted by Crippen LogP contribution is -2.41. The molecule has 0 saturated heterocycles. The highest BCUT2D eigenvalue weighted by atomic mass is 31.2. The van der Waals surface area contributed by atoms with Crippen LogP contribution in [0, 0.1) is 0 Å². The number of phosphoric acid groups is 1. The normalized spacial score (nSPS) is 23.5. The minimum atomic E-state index is -4.47. The lowest BCUT2D eigenvalue weighted by atomic mass is 9.92. The highest BCUT2D eigenvalue weighted by Crippen LogP contribution is 2.43. The van der Waals surface area contributed by atoms with E-state index in [4.69, 9.17) is 20.3 Å². The molecule has 26 heavy (non-hydrogen) atoms. The van der Waals surface area contributed by atoms with Crippen molar-refractivity contribution in [3.63, 3.8) is 0 Å². The van der Waals surface area contributed by atoms with Crippen LogP contribution in [-0.2, 0) is 20.2 Å². The molecule has 0 radical (unpaired) electrons. The third-order valence-corrected chi connectivity index (χ3v) is 5.43. The van der Waals surface area contributed by atoms with Gasteiger partial charge in [-0.3, -0.25) is 4.52 Å². The summed E-state index contributed by atoms with van der Waals surface area (Å²) in [6.07, 6.45) is 6.63. The van der Waals surface area contributed by atoms with Gasteiger partial charge in [0.2, 0.25) is 0 Å². The molecular weight excluding hydrogens is 353 g/mol. The molecular formula is C19H32NO5P. The van der Waals surface area contributed by atoms with E-state index in [1.807, 2.05) is 0 Å². The van der Waals surface area contributed by atoms with Gasteiger partial charge in [0, 0.05) is 18.8 Å². The maximum absolute atomic E-state index is 10.9. The number of hydrogen-bond acceptors (Lipinski definition) is 4. The largest absolute Gasteiger partial charge is 0.469 e. The van der Waals surface area contributed by atoms with E-state index in [1.54, 1.807) is 0 Å². The molecule has 0 aliphatic heterocycles. The molecule has 1 aromatic carbocycles. The number of hydrogen-bond donors (Lipinski definition) is 3. The Labute approximate surface area is 156 Å². The molecule has 1 fully saturated rings. The second-order valence-corrected chi connectivity index (χ2v) is 8.62. The van der Waals surface area contributed by atoms with Gasteiger partial charge in [-0.1, -0.05) is 31.2 Å². The summed E-state index contributed by atoms with van der Waals surface area (Å²) < 4.78 is 21.0.